The van der Waals surface area contributed by atoms with Crippen LogP contribution in [-0.4, -0.2) is 16.1 Å². The van der Waals surface area contributed by atoms with Gasteiger partial charge in [-0.2, -0.15) is 0 Å². The highest BCUT2D eigenvalue weighted by Crippen LogP contribution is 2.23. The molecule has 20 heavy (non-hydrogen) atoms. The molecular weight excluding hydrogens is 256 g/mol. The Bertz CT molecular complexity index is 609. The van der Waals surface area contributed by atoms with Crippen LogP contribution in [0.1, 0.15) is 11.1 Å². The number of primary amides is 1. The van der Waals surface area contributed by atoms with Crippen LogP contribution < -0.4 is 11.1 Å². The highest BCUT2D eigenvalue weighted by Gasteiger charge is 2.03. The molecule has 0 unspecified atom stereocenters. The van der Waals surface area contributed by atoms with Gasteiger partial charge in [0.2, 0.25) is 5.91 Å². The Kier molecular flexibility index (Phi) is 4.10. The maximum Gasteiger partial charge on any atom is 0.221 e. The Morgan fingerprint density at radius 1 is 1.10 bits per heavy atom. The van der Waals surface area contributed by atoms with Gasteiger partial charge in [0.15, 0.2) is 0 Å². The molecular formula is C15H16N2O3. The van der Waals surface area contributed by atoms with Crippen LogP contribution in [0.15, 0.2) is 42.5 Å². The maximum absolute atomic E-state index is 10.8. The Balaban J connectivity index is 1.98. The van der Waals surface area contributed by atoms with Gasteiger partial charge in [-0.25, -0.2) is 0 Å². The molecule has 0 saturated heterocycles. The number of benzene rings is 2. The zero-order valence-electron chi connectivity index (χ0n) is 10.8. The third-order valence-electron chi connectivity index (χ3n) is 2.88. The largest absolute Gasteiger partial charge is 0.508 e. The van der Waals surface area contributed by atoms with E-state index in [0.29, 0.717) is 12.1 Å². The van der Waals surface area contributed by atoms with Crippen LogP contribution in [0.2, 0.25) is 0 Å². The Morgan fingerprint density at radius 3 is 2.40 bits per heavy atom. The second-order valence-electron chi connectivity index (χ2n) is 4.51. The standard InChI is InChI=1S/C15H16N2O3/c16-15(20)7-10-1-4-12(5-2-10)17-9-11-3-6-13(18)8-14(11)19/h1-6,8,17-19H,7,9H2,(H2,16,20). The van der Waals surface area contributed by atoms with E-state index in [9.17, 15) is 15.0 Å². The second kappa shape index (κ2) is 5.97. The minimum atomic E-state index is -0.361. The number of aromatic hydroxyl groups is 2. The van der Waals surface area contributed by atoms with Crippen molar-refractivity contribution in [3.05, 3.63) is 53.6 Å². The molecule has 0 aliphatic rings. The SMILES string of the molecule is NC(=O)Cc1ccc(NCc2ccc(O)cc2O)cc1. The van der Waals surface area contributed by atoms with Crippen molar-refractivity contribution in [2.45, 2.75) is 13.0 Å². The molecule has 0 spiro atoms. The van der Waals surface area contributed by atoms with Crippen molar-refractivity contribution in [1.82, 2.24) is 0 Å². The molecule has 2 aromatic rings. The zero-order valence-corrected chi connectivity index (χ0v) is 10.8. The molecule has 2 aromatic carbocycles. The monoisotopic (exact) mass is 272 g/mol. The molecule has 0 fully saturated rings. The van der Waals surface area contributed by atoms with Crippen molar-refractivity contribution in [2.24, 2.45) is 5.73 Å². The summed E-state index contributed by atoms with van der Waals surface area (Å²) in [6, 6.07) is 11.8. The van der Waals surface area contributed by atoms with Gasteiger partial charge < -0.3 is 21.3 Å². The van der Waals surface area contributed by atoms with Gasteiger partial charge in [0.1, 0.15) is 11.5 Å². The highest BCUT2D eigenvalue weighted by atomic mass is 16.3. The van der Waals surface area contributed by atoms with E-state index in [1.807, 2.05) is 24.3 Å². The predicted molar refractivity (Wildman–Crippen MR) is 76.4 cm³/mol. The summed E-state index contributed by atoms with van der Waals surface area (Å²) >= 11 is 0. The van der Waals surface area contributed by atoms with Crippen LogP contribution in [0.3, 0.4) is 0 Å². The summed E-state index contributed by atoms with van der Waals surface area (Å²) in [5, 5.41) is 22.0. The Labute approximate surface area is 116 Å². The number of hydrogen-bond acceptors (Lipinski definition) is 4. The molecule has 5 heteroatoms. The molecule has 0 aliphatic heterocycles. The fraction of sp³-hybridized carbons (Fsp3) is 0.133. The van der Waals surface area contributed by atoms with E-state index < -0.39 is 0 Å². The normalized spacial score (nSPS) is 10.2. The topological polar surface area (TPSA) is 95.6 Å². The first-order valence-corrected chi connectivity index (χ1v) is 6.16. The van der Waals surface area contributed by atoms with Crippen LogP contribution in [0, 0.1) is 0 Å². The molecule has 0 atom stereocenters. The number of nitrogens with two attached hydrogens (primary N) is 1. The van der Waals surface area contributed by atoms with E-state index in [-0.39, 0.29) is 23.8 Å². The summed E-state index contributed by atoms with van der Waals surface area (Å²) in [6.45, 7) is 0.432. The summed E-state index contributed by atoms with van der Waals surface area (Å²) in [5.74, 6) is -0.287. The minimum absolute atomic E-state index is 0.0297. The van der Waals surface area contributed by atoms with E-state index in [4.69, 9.17) is 5.73 Å². The van der Waals surface area contributed by atoms with E-state index in [1.54, 1.807) is 6.07 Å². The van der Waals surface area contributed by atoms with E-state index >= 15 is 0 Å². The first-order valence-electron chi connectivity index (χ1n) is 6.16. The lowest BCUT2D eigenvalue weighted by atomic mass is 10.1. The minimum Gasteiger partial charge on any atom is -0.508 e. The summed E-state index contributed by atoms with van der Waals surface area (Å²) in [7, 11) is 0. The van der Waals surface area contributed by atoms with E-state index in [2.05, 4.69) is 5.32 Å². The first kappa shape index (κ1) is 13.7. The van der Waals surface area contributed by atoms with E-state index in [1.165, 1.54) is 12.1 Å². The number of nitrogens with one attached hydrogen (secondary N) is 1. The van der Waals surface area contributed by atoms with Gasteiger partial charge in [-0.1, -0.05) is 12.1 Å². The molecule has 0 aliphatic carbocycles. The fourth-order valence-electron chi connectivity index (χ4n) is 1.84. The van der Waals surface area contributed by atoms with Gasteiger partial charge in [0.25, 0.3) is 0 Å². The number of phenolic OH excluding ortho intramolecular Hbond substituents is 2. The lowest BCUT2D eigenvalue weighted by molar-refractivity contribution is -0.117. The fourth-order valence-corrected chi connectivity index (χ4v) is 1.84. The van der Waals surface area contributed by atoms with Crippen LogP contribution >= 0.6 is 0 Å². The molecule has 2 rings (SSSR count). The Hall–Kier alpha value is -2.69. The van der Waals surface area contributed by atoms with Crippen LogP contribution in [0.4, 0.5) is 5.69 Å². The number of phenols is 2. The molecule has 0 saturated carbocycles. The van der Waals surface area contributed by atoms with Crippen molar-refractivity contribution in [3.8, 4) is 11.5 Å². The van der Waals surface area contributed by atoms with Crippen molar-refractivity contribution in [3.63, 3.8) is 0 Å². The summed E-state index contributed by atoms with van der Waals surface area (Å²) in [6.07, 6.45) is 0.221. The number of hydrogen-bond donors (Lipinski definition) is 4. The van der Waals surface area contributed by atoms with Gasteiger partial charge in [0.05, 0.1) is 6.42 Å². The maximum atomic E-state index is 10.8. The lowest BCUT2D eigenvalue weighted by Crippen LogP contribution is -2.13. The van der Waals surface area contributed by atoms with Crippen LogP contribution in [-0.2, 0) is 17.8 Å². The van der Waals surface area contributed by atoms with Gasteiger partial charge in [-0.05, 0) is 29.8 Å². The molecule has 0 bridgehead atoms. The second-order valence-corrected chi connectivity index (χ2v) is 4.51. The van der Waals surface area contributed by atoms with Crippen molar-refractivity contribution < 1.29 is 15.0 Å². The summed E-state index contributed by atoms with van der Waals surface area (Å²) in [4.78, 5) is 10.8. The van der Waals surface area contributed by atoms with Gasteiger partial charge in [0, 0.05) is 23.9 Å². The third kappa shape index (κ3) is 3.65. The molecule has 1 amide bonds. The molecule has 0 heterocycles. The molecule has 0 radical (unpaired) electrons. The first-order chi connectivity index (χ1) is 9.54. The van der Waals surface area contributed by atoms with Gasteiger partial charge in [-0.15, -0.1) is 0 Å². The zero-order chi connectivity index (χ0) is 14.5. The third-order valence-corrected chi connectivity index (χ3v) is 2.88. The van der Waals surface area contributed by atoms with Crippen molar-refractivity contribution >= 4 is 11.6 Å². The van der Waals surface area contributed by atoms with Crippen LogP contribution in [0.5, 0.6) is 11.5 Å². The number of amides is 1. The number of carbonyl (C=O) groups excluding carboxylic acids is 1. The molecule has 5 N–H and O–H groups in total. The Morgan fingerprint density at radius 2 is 1.80 bits per heavy atom. The molecule has 5 nitrogen and oxygen atoms in total. The predicted octanol–water partition coefficient (Wildman–Crippen LogP) is 1.74. The average Bonchev–Trinajstić information content (AvgIpc) is 2.39. The quantitative estimate of drug-likeness (QED) is 0.666. The van der Waals surface area contributed by atoms with Gasteiger partial charge in [-0.3, -0.25) is 4.79 Å². The smallest absolute Gasteiger partial charge is 0.221 e. The van der Waals surface area contributed by atoms with Crippen molar-refractivity contribution in [2.75, 3.05) is 5.32 Å². The van der Waals surface area contributed by atoms with Crippen LogP contribution in [0.25, 0.3) is 0 Å². The van der Waals surface area contributed by atoms with Gasteiger partial charge >= 0.3 is 0 Å². The molecule has 0 aromatic heterocycles. The molecule has 104 valence electrons. The van der Waals surface area contributed by atoms with Crippen molar-refractivity contribution in [1.29, 1.82) is 0 Å². The number of carbonyl (C=O) groups is 1. The summed E-state index contributed by atoms with van der Waals surface area (Å²) < 4.78 is 0. The average molecular weight is 272 g/mol. The van der Waals surface area contributed by atoms with E-state index in [0.717, 1.165) is 11.3 Å². The highest BCUT2D eigenvalue weighted by molar-refractivity contribution is 5.76. The number of anilines is 1. The number of rotatable bonds is 5. The summed E-state index contributed by atoms with van der Waals surface area (Å²) in [5.41, 5.74) is 7.53. The lowest BCUT2D eigenvalue weighted by Gasteiger charge is -2.09.